The van der Waals surface area contributed by atoms with Crippen molar-refractivity contribution in [2.75, 3.05) is 19.8 Å². The zero-order chi connectivity index (χ0) is 13.7. The number of thiazole rings is 1. The molecule has 0 amide bonds. The summed E-state index contributed by atoms with van der Waals surface area (Å²) in [6.45, 7) is 6.94. The molecule has 1 aromatic heterocycles. The Bertz CT molecular complexity index is 383. The van der Waals surface area contributed by atoms with Gasteiger partial charge in [-0.3, -0.25) is 4.90 Å². The molecule has 5 heteroatoms. The minimum atomic E-state index is 0.0822. The van der Waals surface area contributed by atoms with E-state index >= 15 is 0 Å². The second kappa shape index (κ2) is 7.33. The smallest absolute Gasteiger partial charge is 0.122 e. The van der Waals surface area contributed by atoms with Gasteiger partial charge in [-0.1, -0.05) is 6.42 Å². The summed E-state index contributed by atoms with van der Waals surface area (Å²) in [5, 5.41) is 12.6. The van der Waals surface area contributed by atoms with Crippen LogP contribution in [0.3, 0.4) is 0 Å². The van der Waals surface area contributed by atoms with E-state index in [1.54, 1.807) is 11.3 Å². The highest BCUT2D eigenvalue weighted by atomic mass is 32.1. The molecule has 2 heterocycles. The Hall–Kier alpha value is -0.490. The number of nitrogens with zero attached hydrogens (tertiary/aromatic N) is 2. The van der Waals surface area contributed by atoms with Crippen LogP contribution in [0.15, 0.2) is 5.38 Å². The van der Waals surface area contributed by atoms with E-state index in [4.69, 9.17) is 4.74 Å². The molecule has 0 aliphatic carbocycles. The molecule has 0 radical (unpaired) electrons. The minimum absolute atomic E-state index is 0.0822. The van der Waals surface area contributed by atoms with Gasteiger partial charge >= 0.3 is 0 Å². The standard InChI is InChI=1S/C14H24N2O2S/c1-3-18-11(2)14-15-12(10-19-14)8-16-7-5-4-6-13(16)9-17/h10-11,13,17H,3-9H2,1-2H3. The van der Waals surface area contributed by atoms with E-state index < -0.39 is 0 Å². The lowest BCUT2D eigenvalue weighted by Gasteiger charge is -2.33. The van der Waals surface area contributed by atoms with Crippen molar-refractivity contribution < 1.29 is 9.84 Å². The zero-order valence-electron chi connectivity index (χ0n) is 11.8. The topological polar surface area (TPSA) is 45.6 Å². The summed E-state index contributed by atoms with van der Waals surface area (Å²) < 4.78 is 5.57. The Morgan fingerprint density at radius 1 is 1.58 bits per heavy atom. The van der Waals surface area contributed by atoms with Gasteiger partial charge in [0.25, 0.3) is 0 Å². The maximum atomic E-state index is 9.42. The molecule has 0 aromatic carbocycles. The number of rotatable bonds is 6. The Labute approximate surface area is 119 Å². The van der Waals surface area contributed by atoms with Crippen LogP contribution in [0.1, 0.15) is 49.9 Å². The molecule has 1 saturated heterocycles. The molecule has 2 unspecified atom stereocenters. The van der Waals surface area contributed by atoms with Crippen LogP contribution in [0.4, 0.5) is 0 Å². The molecule has 108 valence electrons. The van der Waals surface area contributed by atoms with E-state index in [1.165, 1.54) is 12.8 Å². The quantitative estimate of drug-likeness (QED) is 0.872. The van der Waals surface area contributed by atoms with Gasteiger partial charge in [0, 0.05) is 24.6 Å². The summed E-state index contributed by atoms with van der Waals surface area (Å²) in [4.78, 5) is 7.02. The van der Waals surface area contributed by atoms with Gasteiger partial charge in [0.05, 0.1) is 12.3 Å². The van der Waals surface area contributed by atoms with Crippen LogP contribution in [0, 0.1) is 0 Å². The van der Waals surface area contributed by atoms with Crippen LogP contribution < -0.4 is 0 Å². The monoisotopic (exact) mass is 284 g/mol. The largest absolute Gasteiger partial charge is 0.395 e. The predicted octanol–water partition coefficient (Wildman–Crippen LogP) is 2.59. The van der Waals surface area contributed by atoms with Crippen molar-refractivity contribution in [3.05, 3.63) is 16.1 Å². The first kappa shape index (κ1) is 14.9. The summed E-state index contributed by atoms with van der Waals surface area (Å²) in [5.41, 5.74) is 1.10. The van der Waals surface area contributed by atoms with Crippen LogP contribution in [-0.4, -0.2) is 40.8 Å². The minimum Gasteiger partial charge on any atom is -0.395 e. The average Bonchev–Trinajstić information content (AvgIpc) is 2.88. The summed E-state index contributed by atoms with van der Waals surface area (Å²) in [7, 11) is 0. The van der Waals surface area contributed by atoms with E-state index in [0.717, 1.165) is 36.8 Å². The summed E-state index contributed by atoms with van der Waals surface area (Å²) in [6, 6.07) is 0.309. The van der Waals surface area contributed by atoms with Crippen molar-refractivity contribution in [2.45, 2.75) is 51.8 Å². The maximum Gasteiger partial charge on any atom is 0.122 e. The van der Waals surface area contributed by atoms with Gasteiger partial charge in [0.1, 0.15) is 11.1 Å². The van der Waals surface area contributed by atoms with Gasteiger partial charge in [-0.25, -0.2) is 4.98 Å². The van der Waals surface area contributed by atoms with Crippen LogP contribution >= 0.6 is 11.3 Å². The number of likely N-dealkylation sites (tertiary alicyclic amines) is 1. The predicted molar refractivity (Wildman–Crippen MR) is 77.3 cm³/mol. The van der Waals surface area contributed by atoms with E-state index in [9.17, 15) is 5.11 Å². The molecule has 2 rings (SSSR count). The fourth-order valence-electron chi connectivity index (χ4n) is 2.59. The normalized spacial score (nSPS) is 22.6. The Morgan fingerprint density at radius 3 is 3.16 bits per heavy atom. The molecule has 4 nitrogen and oxygen atoms in total. The second-order valence-electron chi connectivity index (χ2n) is 5.08. The number of aromatic nitrogens is 1. The number of aliphatic hydroxyl groups is 1. The highest BCUT2D eigenvalue weighted by molar-refractivity contribution is 7.09. The van der Waals surface area contributed by atoms with Gasteiger partial charge in [-0.15, -0.1) is 11.3 Å². The second-order valence-corrected chi connectivity index (χ2v) is 5.97. The lowest BCUT2D eigenvalue weighted by atomic mass is 10.0. The molecule has 1 aliphatic heterocycles. The van der Waals surface area contributed by atoms with Crippen molar-refractivity contribution in [3.63, 3.8) is 0 Å². The van der Waals surface area contributed by atoms with Crippen LogP contribution in [0.2, 0.25) is 0 Å². The fourth-order valence-corrected chi connectivity index (χ4v) is 3.40. The number of piperidine rings is 1. The van der Waals surface area contributed by atoms with Crippen molar-refractivity contribution in [1.82, 2.24) is 9.88 Å². The van der Waals surface area contributed by atoms with E-state index in [1.807, 2.05) is 13.8 Å². The first-order valence-electron chi connectivity index (χ1n) is 7.15. The van der Waals surface area contributed by atoms with Crippen molar-refractivity contribution in [1.29, 1.82) is 0 Å². The molecule has 19 heavy (non-hydrogen) atoms. The summed E-state index contributed by atoms with van der Waals surface area (Å²) in [5.74, 6) is 0. The number of hydrogen-bond acceptors (Lipinski definition) is 5. The Morgan fingerprint density at radius 2 is 2.42 bits per heavy atom. The Balaban J connectivity index is 1.95. The molecule has 0 bridgehead atoms. The summed E-state index contributed by atoms with van der Waals surface area (Å²) in [6.07, 6.45) is 3.63. The zero-order valence-corrected chi connectivity index (χ0v) is 12.7. The number of ether oxygens (including phenoxy) is 1. The maximum absolute atomic E-state index is 9.42. The molecule has 1 aromatic rings. The van der Waals surface area contributed by atoms with Gasteiger partial charge < -0.3 is 9.84 Å². The molecular weight excluding hydrogens is 260 g/mol. The van der Waals surface area contributed by atoms with Gasteiger partial charge in [-0.05, 0) is 33.2 Å². The third-order valence-electron chi connectivity index (χ3n) is 3.66. The van der Waals surface area contributed by atoms with E-state index in [0.29, 0.717) is 6.04 Å². The van der Waals surface area contributed by atoms with Crippen LogP contribution in [0.25, 0.3) is 0 Å². The average molecular weight is 284 g/mol. The highest BCUT2D eigenvalue weighted by Crippen LogP contribution is 2.24. The van der Waals surface area contributed by atoms with Crippen molar-refractivity contribution in [3.8, 4) is 0 Å². The number of hydrogen-bond donors (Lipinski definition) is 1. The first-order chi connectivity index (χ1) is 9.24. The first-order valence-corrected chi connectivity index (χ1v) is 8.03. The molecule has 1 fully saturated rings. The third-order valence-corrected chi connectivity index (χ3v) is 4.71. The molecule has 1 N–H and O–H groups in total. The van der Waals surface area contributed by atoms with Gasteiger partial charge in [0.2, 0.25) is 0 Å². The third kappa shape index (κ3) is 3.99. The lowest BCUT2D eigenvalue weighted by Crippen LogP contribution is -2.41. The van der Waals surface area contributed by atoms with Gasteiger partial charge in [0.15, 0.2) is 0 Å². The molecule has 1 aliphatic rings. The van der Waals surface area contributed by atoms with Crippen LogP contribution in [0.5, 0.6) is 0 Å². The van der Waals surface area contributed by atoms with Gasteiger partial charge in [-0.2, -0.15) is 0 Å². The fraction of sp³-hybridized carbons (Fsp3) is 0.786. The van der Waals surface area contributed by atoms with E-state index in [-0.39, 0.29) is 12.7 Å². The molecular formula is C14H24N2O2S. The molecule has 0 saturated carbocycles. The van der Waals surface area contributed by atoms with Crippen molar-refractivity contribution >= 4 is 11.3 Å². The van der Waals surface area contributed by atoms with E-state index in [2.05, 4.69) is 15.3 Å². The molecule has 2 atom stereocenters. The SMILES string of the molecule is CCOC(C)c1nc(CN2CCCCC2CO)cs1. The lowest BCUT2D eigenvalue weighted by molar-refractivity contribution is 0.0744. The molecule has 0 spiro atoms. The Kier molecular flexibility index (Phi) is 5.76. The highest BCUT2D eigenvalue weighted by Gasteiger charge is 2.22. The summed E-state index contributed by atoms with van der Waals surface area (Å²) >= 11 is 1.67. The van der Waals surface area contributed by atoms with Crippen LogP contribution in [-0.2, 0) is 11.3 Å². The number of aliphatic hydroxyl groups excluding tert-OH is 1. The van der Waals surface area contributed by atoms with Crippen molar-refractivity contribution in [2.24, 2.45) is 0 Å².